The van der Waals surface area contributed by atoms with Crippen molar-refractivity contribution in [2.75, 3.05) is 6.54 Å². The number of carbonyl (C=O) groups is 1. The van der Waals surface area contributed by atoms with Crippen molar-refractivity contribution in [1.82, 2.24) is 10.6 Å². The SMILES string of the molecule is CC1CC(NC(=O)C2CCNC2C)C1. The van der Waals surface area contributed by atoms with Gasteiger partial charge < -0.3 is 10.6 Å². The molecule has 0 spiro atoms. The van der Waals surface area contributed by atoms with Crippen LogP contribution in [-0.2, 0) is 4.79 Å². The first-order valence-electron chi connectivity index (χ1n) is 5.70. The van der Waals surface area contributed by atoms with E-state index in [4.69, 9.17) is 0 Å². The maximum Gasteiger partial charge on any atom is 0.224 e. The lowest BCUT2D eigenvalue weighted by Gasteiger charge is -2.34. The zero-order valence-corrected chi connectivity index (χ0v) is 9.05. The van der Waals surface area contributed by atoms with Crippen LogP contribution >= 0.6 is 0 Å². The highest BCUT2D eigenvalue weighted by Gasteiger charge is 2.33. The van der Waals surface area contributed by atoms with Gasteiger partial charge in [-0.2, -0.15) is 0 Å². The quantitative estimate of drug-likeness (QED) is 0.689. The summed E-state index contributed by atoms with van der Waals surface area (Å²) in [5, 5.41) is 6.45. The molecule has 1 aliphatic heterocycles. The van der Waals surface area contributed by atoms with E-state index in [9.17, 15) is 4.79 Å². The van der Waals surface area contributed by atoms with Gasteiger partial charge in [0.2, 0.25) is 5.91 Å². The molecular formula is C11H20N2O. The molecule has 0 bridgehead atoms. The molecule has 1 amide bonds. The number of hydrogen-bond donors (Lipinski definition) is 2. The van der Waals surface area contributed by atoms with Crippen LogP contribution in [0.2, 0.25) is 0 Å². The Balaban J connectivity index is 1.78. The Labute approximate surface area is 85.6 Å². The van der Waals surface area contributed by atoms with E-state index in [2.05, 4.69) is 24.5 Å². The van der Waals surface area contributed by atoms with Crippen LogP contribution in [0.4, 0.5) is 0 Å². The van der Waals surface area contributed by atoms with Gasteiger partial charge in [0.25, 0.3) is 0 Å². The van der Waals surface area contributed by atoms with Gasteiger partial charge in [0.1, 0.15) is 0 Å². The van der Waals surface area contributed by atoms with Gasteiger partial charge in [-0.3, -0.25) is 4.79 Å². The lowest BCUT2D eigenvalue weighted by molar-refractivity contribution is -0.126. The standard InChI is InChI=1S/C11H20N2O/c1-7-5-9(6-7)13-11(14)10-3-4-12-8(10)2/h7-10,12H,3-6H2,1-2H3,(H,13,14). The number of amides is 1. The van der Waals surface area contributed by atoms with Crippen LogP contribution in [0.15, 0.2) is 0 Å². The summed E-state index contributed by atoms with van der Waals surface area (Å²) in [4.78, 5) is 11.8. The van der Waals surface area contributed by atoms with Crippen molar-refractivity contribution in [1.29, 1.82) is 0 Å². The van der Waals surface area contributed by atoms with Crippen LogP contribution < -0.4 is 10.6 Å². The second kappa shape index (κ2) is 3.89. The Bertz CT molecular complexity index is 223. The van der Waals surface area contributed by atoms with Gasteiger partial charge in [-0.1, -0.05) is 6.92 Å². The summed E-state index contributed by atoms with van der Waals surface area (Å²) in [6, 6.07) is 0.817. The lowest BCUT2D eigenvalue weighted by Crippen LogP contribution is -2.47. The fraction of sp³-hybridized carbons (Fsp3) is 0.909. The highest BCUT2D eigenvalue weighted by atomic mass is 16.2. The fourth-order valence-electron chi connectivity index (χ4n) is 2.55. The Morgan fingerprint density at radius 3 is 2.57 bits per heavy atom. The summed E-state index contributed by atoms with van der Waals surface area (Å²) in [7, 11) is 0. The molecule has 2 rings (SSSR count). The Hall–Kier alpha value is -0.570. The summed E-state index contributed by atoms with van der Waals surface area (Å²) in [6.07, 6.45) is 3.33. The Morgan fingerprint density at radius 1 is 1.36 bits per heavy atom. The molecule has 80 valence electrons. The van der Waals surface area contributed by atoms with Gasteiger partial charge in [-0.15, -0.1) is 0 Å². The Morgan fingerprint density at radius 2 is 2.07 bits per heavy atom. The third kappa shape index (κ3) is 1.92. The minimum Gasteiger partial charge on any atom is -0.353 e. The summed E-state index contributed by atoms with van der Waals surface area (Å²) < 4.78 is 0. The molecule has 2 N–H and O–H groups in total. The maximum atomic E-state index is 11.8. The minimum atomic E-state index is 0.200. The van der Waals surface area contributed by atoms with E-state index in [1.54, 1.807) is 0 Å². The van der Waals surface area contributed by atoms with E-state index in [1.165, 1.54) is 12.8 Å². The molecule has 2 aliphatic rings. The molecule has 0 aromatic rings. The second-order valence-corrected chi connectivity index (χ2v) is 4.92. The average molecular weight is 196 g/mol. The van der Waals surface area contributed by atoms with E-state index < -0.39 is 0 Å². The van der Waals surface area contributed by atoms with Gasteiger partial charge in [0, 0.05) is 12.1 Å². The molecule has 0 aromatic heterocycles. The van der Waals surface area contributed by atoms with Crippen molar-refractivity contribution in [3.63, 3.8) is 0 Å². The summed E-state index contributed by atoms with van der Waals surface area (Å²) >= 11 is 0. The van der Waals surface area contributed by atoms with E-state index in [0.29, 0.717) is 12.1 Å². The van der Waals surface area contributed by atoms with Crippen molar-refractivity contribution in [2.24, 2.45) is 11.8 Å². The number of carbonyl (C=O) groups excluding carboxylic acids is 1. The molecule has 2 atom stereocenters. The first-order chi connectivity index (χ1) is 6.66. The van der Waals surface area contributed by atoms with E-state index in [1.807, 2.05) is 0 Å². The van der Waals surface area contributed by atoms with Crippen LogP contribution in [0.5, 0.6) is 0 Å². The normalized spacial score (nSPS) is 41.9. The smallest absolute Gasteiger partial charge is 0.224 e. The first kappa shape index (κ1) is 9.97. The lowest BCUT2D eigenvalue weighted by atomic mass is 9.81. The van der Waals surface area contributed by atoms with Gasteiger partial charge in [-0.05, 0) is 38.6 Å². The molecule has 2 fully saturated rings. The van der Waals surface area contributed by atoms with Gasteiger partial charge in [0.05, 0.1) is 5.92 Å². The number of nitrogens with one attached hydrogen (secondary N) is 2. The average Bonchev–Trinajstić information content (AvgIpc) is 2.48. The molecule has 1 aliphatic carbocycles. The largest absolute Gasteiger partial charge is 0.353 e. The van der Waals surface area contributed by atoms with Crippen LogP contribution in [-0.4, -0.2) is 24.5 Å². The molecule has 14 heavy (non-hydrogen) atoms. The van der Waals surface area contributed by atoms with Crippen molar-refractivity contribution < 1.29 is 4.79 Å². The Kier molecular flexibility index (Phi) is 2.77. The molecule has 0 radical (unpaired) electrons. The molecule has 0 aromatic carbocycles. The van der Waals surface area contributed by atoms with Crippen molar-refractivity contribution >= 4 is 5.91 Å². The van der Waals surface area contributed by atoms with Crippen LogP contribution in [0.1, 0.15) is 33.1 Å². The molecule has 1 saturated heterocycles. The zero-order valence-electron chi connectivity index (χ0n) is 9.05. The first-order valence-corrected chi connectivity index (χ1v) is 5.70. The third-order valence-corrected chi connectivity index (χ3v) is 3.58. The van der Waals surface area contributed by atoms with E-state index in [0.717, 1.165) is 18.9 Å². The molecule has 3 nitrogen and oxygen atoms in total. The van der Waals surface area contributed by atoms with Crippen molar-refractivity contribution in [3.8, 4) is 0 Å². The molecule has 2 unspecified atom stereocenters. The third-order valence-electron chi connectivity index (χ3n) is 3.58. The van der Waals surface area contributed by atoms with Gasteiger partial charge >= 0.3 is 0 Å². The number of rotatable bonds is 2. The molecule has 1 saturated carbocycles. The number of hydrogen-bond acceptors (Lipinski definition) is 2. The van der Waals surface area contributed by atoms with Crippen molar-refractivity contribution in [3.05, 3.63) is 0 Å². The predicted molar refractivity (Wildman–Crippen MR) is 55.9 cm³/mol. The monoisotopic (exact) mass is 196 g/mol. The van der Waals surface area contributed by atoms with Crippen molar-refractivity contribution in [2.45, 2.75) is 45.2 Å². The summed E-state index contributed by atoms with van der Waals surface area (Å²) in [5.74, 6) is 1.27. The van der Waals surface area contributed by atoms with Gasteiger partial charge in [-0.25, -0.2) is 0 Å². The molecule has 1 heterocycles. The van der Waals surface area contributed by atoms with E-state index >= 15 is 0 Å². The van der Waals surface area contributed by atoms with Crippen LogP contribution in [0.25, 0.3) is 0 Å². The van der Waals surface area contributed by atoms with E-state index in [-0.39, 0.29) is 11.8 Å². The summed E-state index contributed by atoms with van der Waals surface area (Å²) in [5.41, 5.74) is 0. The second-order valence-electron chi connectivity index (χ2n) is 4.92. The van der Waals surface area contributed by atoms with Gasteiger partial charge in [0.15, 0.2) is 0 Å². The fourth-order valence-corrected chi connectivity index (χ4v) is 2.55. The zero-order chi connectivity index (χ0) is 10.1. The predicted octanol–water partition coefficient (Wildman–Crippen LogP) is 0.899. The molecule has 3 heteroatoms. The van der Waals surface area contributed by atoms with Crippen LogP contribution in [0.3, 0.4) is 0 Å². The maximum absolute atomic E-state index is 11.8. The summed E-state index contributed by atoms with van der Waals surface area (Å²) in [6.45, 7) is 5.32. The molecular weight excluding hydrogens is 176 g/mol. The van der Waals surface area contributed by atoms with Crippen LogP contribution in [0, 0.1) is 11.8 Å². The topological polar surface area (TPSA) is 41.1 Å². The minimum absolute atomic E-state index is 0.200. The highest BCUT2D eigenvalue weighted by Crippen LogP contribution is 2.27. The highest BCUT2D eigenvalue weighted by molar-refractivity contribution is 5.80.